The summed E-state index contributed by atoms with van der Waals surface area (Å²) in [5.41, 5.74) is 4.09. The zero-order valence-corrected chi connectivity index (χ0v) is 17.7. The van der Waals surface area contributed by atoms with Gasteiger partial charge in [-0.3, -0.25) is 6.08 Å². The van der Waals surface area contributed by atoms with Crippen molar-refractivity contribution in [1.82, 2.24) is 0 Å². The quantitative estimate of drug-likeness (QED) is 0.377. The minimum absolute atomic E-state index is 0. The summed E-state index contributed by atoms with van der Waals surface area (Å²) in [5.74, 6) is 0.863. The van der Waals surface area contributed by atoms with Crippen LogP contribution in [0.15, 0.2) is 66.3 Å². The third kappa shape index (κ3) is 9.36. The molecule has 0 bridgehead atoms. The molecule has 0 unspecified atom stereocenters. The summed E-state index contributed by atoms with van der Waals surface area (Å²) in [6, 6.07) is 21.6. The first-order valence-electron chi connectivity index (χ1n) is 9.38. The molecule has 0 N–H and O–H groups in total. The first-order chi connectivity index (χ1) is 12.3. The van der Waals surface area contributed by atoms with Gasteiger partial charge in [-0.25, -0.2) is 11.6 Å². The second-order valence-corrected chi connectivity index (χ2v) is 6.73. The summed E-state index contributed by atoms with van der Waals surface area (Å²) in [7, 11) is 0. The normalized spacial score (nSPS) is 15.5. The van der Waals surface area contributed by atoms with Crippen LogP contribution in [-0.2, 0) is 21.7 Å². The van der Waals surface area contributed by atoms with Gasteiger partial charge in [0.2, 0.25) is 0 Å². The molecule has 1 fully saturated rings. The number of rotatable bonds is 1. The van der Waals surface area contributed by atoms with Crippen molar-refractivity contribution in [2.24, 2.45) is 5.92 Å². The summed E-state index contributed by atoms with van der Waals surface area (Å²) in [6.07, 6.45) is 16.1. The second-order valence-electron chi connectivity index (χ2n) is 6.73. The molecule has 133 valence electrons. The Bertz CT molecular complexity index is 597. The van der Waals surface area contributed by atoms with Crippen molar-refractivity contribution < 1.29 is 21.7 Å². The van der Waals surface area contributed by atoms with Crippen LogP contribution in [0, 0.1) is 38.0 Å². The fourth-order valence-electron chi connectivity index (χ4n) is 3.06. The number of benzene rings is 2. The standard InChI is InChI=1S/C11H15.2C7H7.Ti/c1-2-6-10(7-3-1)11-8-4-5-9-11;2*1-7-5-3-2-4-6-7;/h4,8,10H,1-3,5-7H2;2*3-6H,1H3;/q3*-1;+3. The summed E-state index contributed by atoms with van der Waals surface area (Å²) >= 11 is 0. The fraction of sp³-hybridized carbons (Fsp3) is 0.360. The first kappa shape index (κ1) is 22.7. The molecule has 0 spiro atoms. The summed E-state index contributed by atoms with van der Waals surface area (Å²) in [5, 5.41) is 0. The minimum atomic E-state index is 0. The van der Waals surface area contributed by atoms with Crippen LogP contribution in [0.25, 0.3) is 0 Å². The van der Waals surface area contributed by atoms with Gasteiger partial charge >= 0.3 is 21.7 Å². The second kappa shape index (κ2) is 13.8. The van der Waals surface area contributed by atoms with Crippen LogP contribution >= 0.6 is 0 Å². The SMILES string of the molecule is Cc1cc[c-]cc1.Cc1cc[c-]cc1.[C-]1=C(C2CCCCC2)C=CC1.[Ti+3]. The molecular formula is C25H29Ti. The predicted molar refractivity (Wildman–Crippen MR) is 107 cm³/mol. The van der Waals surface area contributed by atoms with Crippen LogP contribution in [0.2, 0.25) is 0 Å². The van der Waals surface area contributed by atoms with Gasteiger partial charge in [-0.05, 0) is 18.8 Å². The van der Waals surface area contributed by atoms with Crippen molar-refractivity contribution in [1.29, 1.82) is 0 Å². The van der Waals surface area contributed by atoms with Crippen molar-refractivity contribution in [3.05, 3.63) is 95.6 Å². The smallest absolute Gasteiger partial charge is 0.269 e. The van der Waals surface area contributed by atoms with Gasteiger partial charge in [-0.15, -0.1) is 6.42 Å². The molecule has 2 aromatic carbocycles. The van der Waals surface area contributed by atoms with E-state index in [0.29, 0.717) is 0 Å². The van der Waals surface area contributed by atoms with Crippen LogP contribution in [0.4, 0.5) is 0 Å². The van der Waals surface area contributed by atoms with Crippen molar-refractivity contribution in [3.8, 4) is 0 Å². The van der Waals surface area contributed by atoms with Crippen LogP contribution in [0.1, 0.15) is 49.7 Å². The van der Waals surface area contributed by atoms with E-state index in [-0.39, 0.29) is 21.7 Å². The molecule has 0 saturated heterocycles. The number of hydrogen-bond acceptors (Lipinski definition) is 0. The molecule has 2 aromatic rings. The van der Waals surface area contributed by atoms with E-state index in [0.717, 1.165) is 12.3 Å². The van der Waals surface area contributed by atoms with Gasteiger partial charge < -0.3 is 0 Å². The van der Waals surface area contributed by atoms with Crippen molar-refractivity contribution >= 4 is 0 Å². The zero-order chi connectivity index (χ0) is 17.7. The Balaban J connectivity index is 0.000000200. The fourth-order valence-corrected chi connectivity index (χ4v) is 3.06. The number of allylic oxidation sites excluding steroid dienone is 4. The molecule has 0 atom stereocenters. The monoisotopic (exact) mass is 377 g/mol. The van der Waals surface area contributed by atoms with E-state index in [4.69, 9.17) is 0 Å². The largest absolute Gasteiger partial charge is 3.00 e. The van der Waals surface area contributed by atoms with Crippen molar-refractivity contribution in [2.75, 3.05) is 0 Å². The molecule has 1 radical (unpaired) electrons. The van der Waals surface area contributed by atoms with Gasteiger partial charge in [0.25, 0.3) is 0 Å². The molecule has 0 aliphatic heterocycles. The van der Waals surface area contributed by atoms with E-state index in [1.807, 2.05) is 48.5 Å². The molecule has 26 heavy (non-hydrogen) atoms. The van der Waals surface area contributed by atoms with Gasteiger partial charge in [0.15, 0.2) is 0 Å². The topological polar surface area (TPSA) is 0 Å². The molecule has 2 aliphatic carbocycles. The van der Waals surface area contributed by atoms with Crippen LogP contribution in [0.3, 0.4) is 0 Å². The maximum atomic E-state index is 3.43. The predicted octanol–water partition coefficient (Wildman–Crippen LogP) is 6.84. The third-order valence-electron chi connectivity index (χ3n) is 4.54. The Hall–Kier alpha value is -1.37. The summed E-state index contributed by atoms with van der Waals surface area (Å²) < 4.78 is 0. The molecule has 1 saturated carbocycles. The van der Waals surface area contributed by atoms with Gasteiger partial charge in [0.1, 0.15) is 0 Å². The Morgan fingerprint density at radius 1 is 0.769 bits per heavy atom. The van der Waals surface area contributed by atoms with E-state index in [2.05, 4.69) is 44.2 Å². The van der Waals surface area contributed by atoms with E-state index in [1.54, 1.807) is 0 Å². The molecule has 1 heteroatoms. The molecule has 4 rings (SSSR count). The van der Waals surface area contributed by atoms with E-state index < -0.39 is 0 Å². The van der Waals surface area contributed by atoms with E-state index >= 15 is 0 Å². The van der Waals surface area contributed by atoms with Crippen molar-refractivity contribution in [2.45, 2.75) is 52.4 Å². The summed E-state index contributed by atoms with van der Waals surface area (Å²) in [6.45, 7) is 4.13. The molecular weight excluding hydrogens is 348 g/mol. The molecule has 0 amide bonds. The van der Waals surface area contributed by atoms with Crippen LogP contribution in [-0.4, -0.2) is 0 Å². The van der Waals surface area contributed by atoms with Gasteiger partial charge in [-0.1, -0.05) is 33.1 Å². The van der Waals surface area contributed by atoms with E-state index in [1.165, 1.54) is 48.8 Å². The Labute approximate surface area is 175 Å². The number of hydrogen-bond donors (Lipinski definition) is 0. The van der Waals surface area contributed by atoms with Gasteiger partial charge in [0.05, 0.1) is 0 Å². The van der Waals surface area contributed by atoms with Crippen molar-refractivity contribution in [3.63, 3.8) is 0 Å². The molecule has 0 aromatic heterocycles. The Kier molecular flexibility index (Phi) is 12.0. The number of aryl methyl sites for hydroxylation is 2. The first-order valence-corrected chi connectivity index (χ1v) is 9.38. The summed E-state index contributed by atoms with van der Waals surface area (Å²) in [4.78, 5) is 0. The van der Waals surface area contributed by atoms with Crippen LogP contribution in [0.5, 0.6) is 0 Å². The minimum Gasteiger partial charge on any atom is -0.269 e. The Morgan fingerprint density at radius 3 is 1.62 bits per heavy atom. The van der Waals surface area contributed by atoms with Gasteiger partial charge in [0, 0.05) is 0 Å². The van der Waals surface area contributed by atoms with Gasteiger partial charge in [-0.2, -0.15) is 77.9 Å². The third-order valence-corrected chi connectivity index (χ3v) is 4.54. The average Bonchev–Trinajstić information content (AvgIpc) is 3.20. The zero-order valence-electron chi connectivity index (χ0n) is 16.1. The van der Waals surface area contributed by atoms with E-state index in [9.17, 15) is 0 Å². The average molecular weight is 377 g/mol. The maximum absolute atomic E-state index is 3.43. The molecule has 2 aliphatic rings. The maximum Gasteiger partial charge on any atom is 3.00 e. The molecule has 0 nitrogen and oxygen atoms in total. The van der Waals surface area contributed by atoms with Crippen LogP contribution < -0.4 is 0 Å². The molecule has 0 heterocycles. The Morgan fingerprint density at radius 2 is 1.27 bits per heavy atom.